The highest BCUT2D eigenvalue weighted by atomic mass is 16.3. The van der Waals surface area contributed by atoms with E-state index in [4.69, 9.17) is 4.42 Å². The second-order valence-electron chi connectivity index (χ2n) is 15.2. The molecule has 0 fully saturated rings. The fraction of sp³-hybridized carbons (Fsp3) is 0.0182. The number of anilines is 3. The minimum Gasteiger partial charge on any atom is -0.454 e. The first-order valence-electron chi connectivity index (χ1n) is 19.9. The van der Waals surface area contributed by atoms with E-state index in [-0.39, 0.29) is 0 Å². The summed E-state index contributed by atoms with van der Waals surface area (Å²) < 4.78 is 9.51. The lowest BCUT2D eigenvalue weighted by molar-refractivity contribution is 0.668. The van der Waals surface area contributed by atoms with Crippen molar-refractivity contribution in [1.82, 2.24) is 4.57 Å². The predicted molar refractivity (Wildman–Crippen MR) is 240 cm³/mol. The number of hydrogen-bond acceptors (Lipinski definition) is 2. The first-order chi connectivity index (χ1) is 28.8. The van der Waals surface area contributed by atoms with Crippen molar-refractivity contribution >= 4 is 60.8 Å². The van der Waals surface area contributed by atoms with Crippen molar-refractivity contribution < 1.29 is 4.42 Å². The van der Waals surface area contributed by atoms with Gasteiger partial charge in [0.2, 0.25) is 0 Å². The summed E-state index contributed by atoms with van der Waals surface area (Å²) in [7, 11) is 0. The molecule has 0 atom stereocenters. The average Bonchev–Trinajstić information content (AvgIpc) is 3.95. The minimum atomic E-state index is -0.590. The minimum absolute atomic E-state index is 0.590. The predicted octanol–water partition coefficient (Wildman–Crippen LogP) is 14.5. The molecule has 1 aliphatic rings. The molecule has 1 aliphatic carbocycles. The van der Waals surface area contributed by atoms with Crippen molar-refractivity contribution in [2.45, 2.75) is 5.41 Å². The van der Waals surface area contributed by atoms with Gasteiger partial charge in [0.25, 0.3) is 0 Å². The SMILES string of the molecule is c1ccc(N(c2ccc3c(c2)c2ccccc2n3-c2ccccc2)c2ccc(C3(c4ccccc4)c4ccccc4-c4ccccc43)c3c2oc2ccccc23)cc1. The number of fused-ring (bicyclic) bond motifs is 9. The lowest BCUT2D eigenvalue weighted by Crippen LogP contribution is -2.29. The summed E-state index contributed by atoms with van der Waals surface area (Å²) in [5, 5.41) is 4.62. The summed E-state index contributed by atoms with van der Waals surface area (Å²) in [5.74, 6) is 0. The molecule has 272 valence electrons. The van der Waals surface area contributed by atoms with Crippen LogP contribution >= 0.6 is 0 Å². The van der Waals surface area contributed by atoms with Crippen LogP contribution in [0.4, 0.5) is 17.1 Å². The summed E-state index contributed by atoms with van der Waals surface area (Å²) in [5.41, 5.74) is 15.2. The standard InChI is InChI=1S/C55H36N2O/c1-4-18-37(19-5-1)55(46-28-14-10-24-41(46)42-25-11-15-29-47(42)55)48-33-35-51(54-53(48)44-27-13-17-31-52(44)58-54)56(38-20-6-2-7-21-38)40-32-34-50-45(36-40)43-26-12-16-30-49(43)57(50)39-22-8-3-9-23-39/h1-36H. The van der Waals surface area contributed by atoms with Gasteiger partial charge in [0.1, 0.15) is 5.58 Å². The van der Waals surface area contributed by atoms with E-state index >= 15 is 0 Å². The molecule has 58 heavy (non-hydrogen) atoms. The number of hydrogen-bond donors (Lipinski definition) is 0. The summed E-state index contributed by atoms with van der Waals surface area (Å²) in [6, 6.07) is 79.0. The molecule has 0 bridgehead atoms. The van der Waals surface area contributed by atoms with Crippen molar-refractivity contribution in [3.63, 3.8) is 0 Å². The van der Waals surface area contributed by atoms with Gasteiger partial charge in [-0.25, -0.2) is 0 Å². The fourth-order valence-electron chi connectivity index (χ4n) is 9.94. The van der Waals surface area contributed by atoms with Gasteiger partial charge in [-0.2, -0.15) is 0 Å². The van der Waals surface area contributed by atoms with E-state index in [2.05, 4.69) is 228 Å². The third-order valence-electron chi connectivity index (χ3n) is 12.3. The first kappa shape index (κ1) is 32.6. The monoisotopic (exact) mass is 740 g/mol. The Labute approximate surface area is 336 Å². The van der Waals surface area contributed by atoms with Crippen LogP contribution in [0.1, 0.15) is 22.3 Å². The molecule has 0 N–H and O–H groups in total. The van der Waals surface area contributed by atoms with Crippen molar-refractivity contribution in [3.05, 3.63) is 241 Å². The molecule has 0 amide bonds. The number of rotatable bonds is 6. The molecule has 11 aromatic rings. The van der Waals surface area contributed by atoms with Crippen LogP contribution in [0.3, 0.4) is 0 Å². The molecule has 12 rings (SSSR count). The zero-order chi connectivity index (χ0) is 38.2. The molecule has 0 spiro atoms. The van der Waals surface area contributed by atoms with E-state index in [9.17, 15) is 0 Å². The van der Waals surface area contributed by atoms with E-state index < -0.39 is 5.41 Å². The molecular formula is C55H36N2O. The van der Waals surface area contributed by atoms with Gasteiger partial charge in [0, 0.05) is 38.6 Å². The van der Waals surface area contributed by atoms with Crippen LogP contribution in [-0.2, 0) is 5.41 Å². The zero-order valence-corrected chi connectivity index (χ0v) is 31.6. The Kier molecular flexibility index (Phi) is 7.14. The summed E-state index contributed by atoms with van der Waals surface area (Å²) in [6.45, 7) is 0. The highest BCUT2D eigenvalue weighted by molar-refractivity contribution is 6.15. The van der Waals surface area contributed by atoms with Gasteiger partial charge < -0.3 is 13.9 Å². The van der Waals surface area contributed by atoms with Crippen LogP contribution in [-0.4, -0.2) is 4.57 Å². The van der Waals surface area contributed by atoms with Crippen LogP contribution in [0.2, 0.25) is 0 Å². The van der Waals surface area contributed by atoms with Gasteiger partial charge >= 0.3 is 0 Å². The number of para-hydroxylation sites is 4. The van der Waals surface area contributed by atoms with Crippen molar-refractivity contribution in [2.75, 3.05) is 4.90 Å². The molecule has 0 saturated carbocycles. The molecule has 3 heteroatoms. The van der Waals surface area contributed by atoms with Crippen molar-refractivity contribution in [1.29, 1.82) is 0 Å². The second-order valence-corrected chi connectivity index (χ2v) is 15.2. The summed E-state index contributed by atoms with van der Waals surface area (Å²) in [6.07, 6.45) is 0. The van der Waals surface area contributed by atoms with E-state index in [1.807, 2.05) is 0 Å². The third kappa shape index (κ3) is 4.56. The lowest BCUT2D eigenvalue weighted by atomic mass is 9.66. The first-order valence-corrected chi connectivity index (χ1v) is 19.9. The van der Waals surface area contributed by atoms with Gasteiger partial charge in [0.15, 0.2) is 5.58 Å². The Balaban J connectivity index is 1.17. The molecule has 0 radical (unpaired) electrons. The van der Waals surface area contributed by atoms with E-state index in [1.165, 1.54) is 49.7 Å². The largest absolute Gasteiger partial charge is 0.454 e. The molecule has 2 aromatic heterocycles. The van der Waals surface area contributed by atoms with Crippen molar-refractivity contribution in [2.24, 2.45) is 0 Å². The molecule has 0 saturated heterocycles. The Morgan fingerprint density at radius 2 is 1.00 bits per heavy atom. The van der Waals surface area contributed by atoms with Crippen molar-refractivity contribution in [3.8, 4) is 16.8 Å². The number of nitrogens with zero attached hydrogens (tertiary/aromatic N) is 2. The van der Waals surface area contributed by atoms with Crippen LogP contribution < -0.4 is 4.90 Å². The Bertz CT molecular complexity index is 3300. The number of furan rings is 1. The van der Waals surface area contributed by atoms with E-state index in [0.717, 1.165) is 50.2 Å². The normalized spacial score (nSPS) is 13.0. The third-order valence-corrected chi connectivity index (χ3v) is 12.3. The summed E-state index contributed by atoms with van der Waals surface area (Å²) >= 11 is 0. The summed E-state index contributed by atoms with van der Waals surface area (Å²) in [4.78, 5) is 2.37. The molecule has 2 heterocycles. The fourth-order valence-corrected chi connectivity index (χ4v) is 9.94. The Morgan fingerprint density at radius 3 is 1.74 bits per heavy atom. The van der Waals surface area contributed by atoms with Gasteiger partial charge in [-0.3, -0.25) is 0 Å². The smallest absolute Gasteiger partial charge is 0.159 e. The molecule has 0 unspecified atom stereocenters. The van der Waals surface area contributed by atoms with Crippen LogP contribution in [0.25, 0.3) is 60.6 Å². The van der Waals surface area contributed by atoms with E-state index in [1.54, 1.807) is 0 Å². The average molecular weight is 741 g/mol. The molecule has 3 nitrogen and oxygen atoms in total. The van der Waals surface area contributed by atoms with Gasteiger partial charge in [-0.05, 0) is 94.0 Å². The maximum absolute atomic E-state index is 7.14. The van der Waals surface area contributed by atoms with Crippen LogP contribution in [0.15, 0.2) is 223 Å². The highest BCUT2D eigenvalue weighted by Gasteiger charge is 2.47. The van der Waals surface area contributed by atoms with Crippen LogP contribution in [0.5, 0.6) is 0 Å². The number of benzene rings is 9. The topological polar surface area (TPSA) is 21.3 Å². The Hall–Kier alpha value is -7.62. The highest BCUT2D eigenvalue weighted by Crippen LogP contribution is 2.59. The van der Waals surface area contributed by atoms with E-state index in [0.29, 0.717) is 0 Å². The second kappa shape index (κ2) is 12.7. The Morgan fingerprint density at radius 1 is 0.414 bits per heavy atom. The zero-order valence-electron chi connectivity index (χ0n) is 31.6. The lowest BCUT2D eigenvalue weighted by Gasteiger charge is -2.35. The molecule has 9 aromatic carbocycles. The van der Waals surface area contributed by atoms with Gasteiger partial charge in [0.05, 0.1) is 22.1 Å². The molecular weight excluding hydrogens is 705 g/mol. The van der Waals surface area contributed by atoms with Gasteiger partial charge in [-0.15, -0.1) is 0 Å². The molecule has 0 aliphatic heterocycles. The maximum Gasteiger partial charge on any atom is 0.159 e. The van der Waals surface area contributed by atoms with Gasteiger partial charge in [-0.1, -0.05) is 158 Å². The quantitative estimate of drug-likeness (QED) is 0.169. The van der Waals surface area contributed by atoms with Crippen LogP contribution in [0, 0.1) is 0 Å². The number of aromatic nitrogens is 1. The maximum atomic E-state index is 7.14.